The zero-order chi connectivity index (χ0) is 14.5. The summed E-state index contributed by atoms with van der Waals surface area (Å²) in [7, 11) is 1.01. The highest BCUT2D eigenvalue weighted by Crippen LogP contribution is 2.16. The maximum Gasteiger partial charge on any atom is 0.178 e. The zero-order valence-corrected chi connectivity index (χ0v) is 13.0. The van der Waals surface area contributed by atoms with E-state index in [2.05, 4.69) is 31.2 Å². The average molecular weight is 284 g/mol. The first-order valence-corrected chi connectivity index (χ1v) is 8.24. The van der Waals surface area contributed by atoms with Crippen LogP contribution in [0.15, 0.2) is 29.2 Å². The van der Waals surface area contributed by atoms with Crippen molar-refractivity contribution in [3.05, 3.63) is 24.3 Å². The van der Waals surface area contributed by atoms with Crippen molar-refractivity contribution in [2.24, 2.45) is 0 Å². The van der Waals surface area contributed by atoms with Gasteiger partial charge in [-0.25, -0.2) is 8.42 Å². The van der Waals surface area contributed by atoms with E-state index in [4.69, 9.17) is 0 Å². The second-order valence-corrected chi connectivity index (χ2v) is 7.34. The summed E-state index contributed by atoms with van der Waals surface area (Å²) < 4.78 is 23.4. The zero-order valence-electron chi connectivity index (χ0n) is 12.2. The van der Waals surface area contributed by atoms with Crippen molar-refractivity contribution in [2.45, 2.75) is 31.2 Å². The molecule has 1 atom stereocenters. The van der Waals surface area contributed by atoms with Crippen LogP contribution < -0.4 is 5.32 Å². The Morgan fingerprint density at radius 1 is 1.21 bits per heavy atom. The summed E-state index contributed by atoms with van der Waals surface area (Å²) in [6.45, 7) is 4.81. The molecule has 19 heavy (non-hydrogen) atoms. The topological polar surface area (TPSA) is 49.4 Å². The third-order valence-corrected chi connectivity index (χ3v) is 4.77. The van der Waals surface area contributed by atoms with Crippen molar-refractivity contribution >= 4 is 15.5 Å². The third kappa shape index (κ3) is 5.20. The molecule has 0 fully saturated rings. The van der Waals surface area contributed by atoms with Crippen molar-refractivity contribution in [2.75, 3.05) is 31.7 Å². The molecule has 0 heterocycles. The SMILES string of the molecule is CCS(=O)(=O)c1ccc(NC(C)CCN(C)C)cc1. The van der Waals surface area contributed by atoms with E-state index in [0.717, 1.165) is 18.7 Å². The summed E-state index contributed by atoms with van der Waals surface area (Å²) in [6.07, 6.45) is 1.04. The first-order valence-electron chi connectivity index (χ1n) is 6.59. The van der Waals surface area contributed by atoms with Gasteiger partial charge >= 0.3 is 0 Å². The Kier molecular flexibility index (Phi) is 5.82. The van der Waals surface area contributed by atoms with Gasteiger partial charge in [-0.15, -0.1) is 0 Å². The molecule has 0 saturated heterocycles. The molecule has 0 bridgehead atoms. The summed E-state index contributed by atoms with van der Waals surface area (Å²) in [5.41, 5.74) is 0.960. The van der Waals surface area contributed by atoms with Crippen LogP contribution in [0.1, 0.15) is 20.3 Å². The number of sulfone groups is 1. The van der Waals surface area contributed by atoms with Crippen LogP contribution in [-0.2, 0) is 9.84 Å². The smallest absolute Gasteiger partial charge is 0.178 e. The molecular formula is C14H24N2O2S. The maximum atomic E-state index is 11.7. The summed E-state index contributed by atoms with van der Waals surface area (Å²) in [4.78, 5) is 2.54. The predicted octanol–water partition coefficient (Wildman–Crippen LogP) is 2.23. The van der Waals surface area contributed by atoms with Gasteiger partial charge in [-0.1, -0.05) is 6.92 Å². The van der Waals surface area contributed by atoms with E-state index in [1.807, 2.05) is 12.1 Å². The van der Waals surface area contributed by atoms with Crippen LogP contribution in [0.3, 0.4) is 0 Å². The van der Waals surface area contributed by atoms with E-state index < -0.39 is 9.84 Å². The van der Waals surface area contributed by atoms with Crippen LogP contribution in [0.4, 0.5) is 5.69 Å². The van der Waals surface area contributed by atoms with Gasteiger partial charge in [0.05, 0.1) is 10.6 Å². The Balaban J connectivity index is 2.62. The molecule has 0 aliphatic heterocycles. The van der Waals surface area contributed by atoms with Gasteiger partial charge in [-0.3, -0.25) is 0 Å². The first-order chi connectivity index (χ1) is 8.85. The molecular weight excluding hydrogens is 260 g/mol. The average Bonchev–Trinajstić information content (AvgIpc) is 2.37. The predicted molar refractivity (Wildman–Crippen MR) is 80.4 cm³/mol. The lowest BCUT2D eigenvalue weighted by molar-refractivity contribution is 0.390. The van der Waals surface area contributed by atoms with E-state index in [-0.39, 0.29) is 5.75 Å². The highest BCUT2D eigenvalue weighted by Gasteiger charge is 2.11. The number of hydrogen-bond donors (Lipinski definition) is 1. The van der Waals surface area contributed by atoms with Crippen molar-refractivity contribution in [3.63, 3.8) is 0 Å². The highest BCUT2D eigenvalue weighted by atomic mass is 32.2. The third-order valence-electron chi connectivity index (χ3n) is 3.02. The van der Waals surface area contributed by atoms with Crippen LogP contribution in [0.5, 0.6) is 0 Å². The Labute approximate surface area is 116 Å². The minimum Gasteiger partial charge on any atom is -0.383 e. The molecule has 0 saturated carbocycles. The van der Waals surface area contributed by atoms with Gasteiger partial charge in [0.1, 0.15) is 0 Å². The van der Waals surface area contributed by atoms with Gasteiger partial charge in [0.15, 0.2) is 9.84 Å². The monoisotopic (exact) mass is 284 g/mol. The molecule has 1 unspecified atom stereocenters. The highest BCUT2D eigenvalue weighted by molar-refractivity contribution is 7.91. The molecule has 4 nitrogen and oxygen atoms in total. The minimum atomic E-state index is -3.10. The summed E-state index contributed by atoms with van der Waals surface area (Å²) >= 11 is 0. The van der Waals surface area contributed by atoms with Crippen LogP contribution in [-0.4, -0.2) is 45.8 Å². The molecule has 108 valence electrons. The second-order valence-electron chi connectivity index (χ2n) is 5.07. The summed E-state index contributed by atoms with van der Waals surface area (Å²) in [6, 6.07) is 7.35. The summed E-state index contributed by atoms with van der Waals surface area (Å²) in [5.74, 6) is 0.138. The van der Waals surface area contributed by atoms with Crippen LogP contribution in [0.2, 0.25) is 0 Å². The van der Waals surface area contributed by atoms with Crippen LogP contribution in [0, 0.1) is 0 Å². The van der Waals surface area contributed by atoms with Gasteiger partial charge in [-0.2, -0.15) is 0 Å². The fourth-order valence-corrected chi connectivity index (χ4v) is 2.62. The Morgan fingerprint density at radius 3 is 2.26 bits per heavy atom. The Bertz CT molecular complexity index is 481. The normalized spacial score (nSPS) is 13.5. The molecule has 0 spiro atoms. The van der Waals surface area contributed by atoms with Gasteiger partial charge in [0.25, 0.3) is 0 Å². The van der Waals surface area contributed by atoms with E-state index in [1.165, 1.54) is 0 Å². The fraction of sp³-hybridized carbons (Fsp3) is 0.571. The van der Waals surface area contributed by atoms with E-state index in [9.17, 15) is 8.42 Å². The molecule has 1 N–H and O–H groups in total. The molecule has 5 heteroatoms. The second kappa shape index (κ2) is 6.91. The lowest BCUT2D eigenvalue weighted by atomic mass is 10.2. The Hall–Kier alpha value is -1.07. The minimum absolute atomic E-state index is 0.138. The lowest BCUT2D eigenvalue weighted by Gasteiger charge is -2.18. The van der Waals surface area contributed by atoms with E-state index in [1.54, 1.807) is 19.1 Å². The quantitative estimate of drug-likeness (QED) is 0.834. The number of rotatable bonds is 7. The fourth-order valence-electron chi connectivity index (χ4n) is 1.73. The largest absolute Gasteiger partial charge is 0.383 e. The molecule has 0 aliphatic rings. The number of nitrogens with one attached hydrogen (secondary N) is 1. The first kappa shape index (κ1) is 16.0. The molecule has 0 amide bonds. The molecule has 1 rings (SSSR count). The number of hydrogen-bond acceptors (Lipinski definition) is 4. The van der Waals surface area contributed by atoms with Gasteiger partial charge in [0, 0.05) is 11.7 Å². The van der Waals surface area contributed by atoms with Crippen molar-refractivity contribution in [1.29, 1.82) is 0 Å². The molecule has 0 aliphatic carbocycles. The Morgan fingerprint density at radius 2 is 1.79 bits per heavy atom. The van der Waals surface area contributed by atoms with Crippen molar-refractivity contribution in [3.8, 4) is 0 Å². The lowest BCUT2D eigenvalue weighted by Crippen LogP contribution is -2.22. The maximum absolute atomic E-state index is 11.7. The van der Waals surface area contributed by atoms with Gasteiger partial charge < -0.3 is 10.2 Å². The van der Waals surface area contributed by atoms with Crippen molar-refractivity contribution < 1.29 is 8.42 Å². The van der Waals surface area contributed by atoms with Crippen molar-refractivity contribution in [1.82, 2.24) is 4.90 Å². The molecule has 1 aromatic rings. The number of anilines is 1. The molecule has 0 radical (unpaired) electrons. The molecule has 0 aromatic heterocycles. The van der Waals surface area contributed by atoms with Crippen LogP contribution >= 0.6 is 0 Å². The van der Waals surface area contributed by atoms with E-state index in [0.29, 0.717) is 10.9 Å². The number of nitrogens with zero attached hydrogens (tertiary/aromatic N) is 1. The van der Waals surface area contributed by atoms with Gasteiger partial charge in [-0.05, 0) is 58.3 Å². The summed E-state index contributed by atoms with van der Waals surface area (Å²) in [5, 5.41) is 3.37. The molecule has 1 aromatic carbocycles. The standard InChI is InChI=1S/C14H24N2O2S/c1-5-19(17,18)14-8-6-13(7-9-14)15-12(2)10-11-16(3)4/h6-9,12,15H,5,10-11H2,1-4H3. The van der Waals surface area contributed by atoms with E-state index >= 15 is 0 Å². The van der Waals surface area contributed by atoms with Crippen LogP contribution in [0.25, 0.3) is 0 Å². The number of benzene rings is 1. The van der Waals surface area contributed by atoms with Gasteiger partial charge in [0.2, 0.25) is 0 Å².